The molecule has 0 saturated heterocycles. The van der Waals surface area contributed by atoms with Crippen LogP contribution in [-0.2, 0) is 0 Å². The maximum absolute atomic E-state index is 7.00. The number of nitrogens with zero attached hydrogens (tertiary/aromatic N) is 2. The van der Waals surface area contributed by atoms with Gasteiger partial charge in [-0.05, 0) is 81.9 Å². The van der Waals surface area contributed by atoms with E-state index in [9.17, 15) is 0 Å². The molecule has 184 valence electrons. The van der Waals surface area contributed by atoms with E-state index in [1.807, 2.05) is 0 Å². The SMILES string of the molecule is CCN(CC)/C(=C\C=C1\CCCC(/C=C/C(c2ccccc2)=[N+](CC)CC)=C1Cl)c1ccccc1. The minimum Gasteiger partial charge on any atom is -0.372 e. The van der Waals surface area contributed by atoms with Crippen molar-refractivity contribution in [2.75, 3.05) is 26.2 Å². The van der Waals surface area contributed by atoms with Gasteiger partial charge < -0.3 is 4.90 Å². The third-order valence-electron chi connectivity index (χ3n) is 6.69. The van der Waals surface area contributed by atoms with Crippen LogP contribution < -0.4 is 0 Å². The topological polar surface area (TPSA) is 6.25 Å². The molecule has 0 radical (unpaired) electrons. The zero-order chi connectivity index (χ0) is 25.0. The van der Waals surface area contributed by atoms with Crippen LogP contribution in [0, 0.1) is 0 Å². The van der Waals surface area contributed by atoms with Gasteiger partial charge in [0.15, 0.2) is 0 Å². The Bertz CT molecular complexity index is 1090. The molecule has 0 amide bonds. The highest BCUT2D eigenvalue weighted by Gasteiger charge is 2.16. The van der Waals surface area contributed by atoms with Crippen LogP contribution in [-0.4, -0.2) is 41.4 Å². The molecule has 3 heteroatoms. The van der Waals surface area contributed by atoms with Gasteiger partial charge in [-0.25, -0.2) is 4.58 Å². The fourth-order valence-corrected chi connectivity index (χ4v) is 5.00. The second-order valence-electron chi connectivity index (χ2n) is 8.73. The fourth-order valence-electron chi connectivity index (χ4n) is 4.68. The largest absolute Gasteiger partial charge is 0.372 e. The lowest BCUT2D eigenvalue weighted by Crippen LogP contribution is -2.21. The van der Waals surface area contributed by atoms with Gasteiger partial charge in [0.05, 0.1) is 0 Å². The summed E-state index contributed by atoms with van der Waals surface area (Å²) in [4.78, 5) is 2.40. The number of halogens is 1. The molecule has 1 aliphatic carbocycles. The predicted molar refractivity (Wildman–Crippen MR) is 153 cm³/mol. The Morgan fingerprint density at radius 3 is 2.03 bits per heavy atom. The predicted octanol–water partition coefficient (Wildman–Crippen LogP) is 8.07. The number of benzene rings is 2. The van der Waals surface area contributed by atoms with Crippen LogP contribution in [0.25, 0.3) is 5.70 Å². The lowest BCUT2D eigenvalue weighted by Gasteiger charge is -2.25. The summed E-state index contributed by atoms with van der Waals surface area (Å²) in [5.74, 6) is 0. The van der Waals surface area contributed by atoms with Gasteiger partial charge in [-0.1, -0.05) is 72.3 Å². The first-order chi connectivity index (χ1) is 17.1. The van der Waals surface area contributed by atoms with Crippen molar-refractivity contribution in [3.8, 4) is 0 Å². The molecule has 2 aromatic carbocycles. The molecule has 0 N–H and O–H groups in total. The maximum atomic E-state index is 7.00. The van der Waals surface area contributed by atoms with Crippen molar-refractivity contribution in [3.63, 3.8) is 0 Å². The molecule has 0 unspecified atom stereocenters. The molecule has 0 heterocycles. The van der Waals surface area contributed by atoms with Gasteiger partial charge in [0.2, 0.25) is 5.71 Å². The molecule has 0 saturated carbocycles. The van der Waals surface area contributed by atoms with E-state index < -0.39 is 0 Å². The minimum absolute atomic E-state index is 0.905. The summed E-state index contributed by atoms with van der Waals surface area (Å²) < 4.78 is 2.40. The average Bonchev–Trinajstić information content (AvgIpc) is 2.91. The summed E-state index contributed by atoms with van der Waals surface area (Å²) in [7, 11) is 0. The molecule has 0 aliphatic heterocycles. The van der Waals surface area contributed by atoms with Crippen molar-refractivity contribution in [1.29, 1.82) is 0 Å². The Morgan fingerprint density at radius 1 is 0.857 bits per heavy atom. The first kappa shape index (κ1) is 26.8. The van der Waals surface area contributed by atoms with Crippen molar-refractivity contribution in [2.24, 2.45) is 0 Å². The van der Waals surface area contributed by atoms with Gasteiger partial charge in [-0.2, -0.15) is 0 Å². The van der Waals surface area contributed by atoms with E-state index in [1.165, 1.54) is 33.7 Å². The minimum atomic E-state index is 0.905. The highest BCUT2D eigenvalue weighted by Crippen LogP contribution is 2.34. The van der Waals surface area contributed by atoms with Gasteiger partial charge in [-0.3, -0.25) is 0 Å². The maximum Gasteiger partial charge on any atom is 0.207 e. The van der Waals surface area contributed by atoms with Crippen molar-refractivity contribution in [3.05, 3.63) is 112 Å². The van der Waals surface area contributed by atoms with E-state index in [0.717, 1.165) is 50.5 Å². The number of hydrogen-bond donors (Lipinski definition) is 0. The monoisotopic (exact) mass is 487 g/mol. The number of rotatable bonds is 10. The highest BCUT2D eigenvalue weighted by molar-refractivity contribution is 6.32. The normalized spacial score (nSPS) is 15.7. The molecule has 0 fully saturated rings. The second-order valence-corrected chi connectivity index (χ2v) is 9.11. The van der Waals surface area contributed by atoms with E-state index in [2.05, 4.69) is 122 Å². The van der Waals surface area contributed by atoms with Crippen LogP contribution >= 0.6 is 11.6 Å². The van der Waals surface area contributed by atoms with E-state index in [1.54, 1.807) is 0 Å². The molecule has 0 aromatic heterocycles. The summed E-state index contributed by atoms with van der Waals surface area (Å²) in [5, 5.41) is 0.905. The molecule has 2 nitrogen and oxygen atoms in total. The lowest BCUT2D eigenvalue weighted by atomic mass is 9.93. The molecular formula is C32H40ClN2+. The van der Waals surface area contributed by atoms with Gasteiger partial charge in [0, 0.05) is 35.5 Å². The van der Waals surface area contributed by atoms with Crippen LogP contribution in [0.2, 0.25) is 0 Å². The first-order valence-electron chi connectivity index (χ1n) is 13.1. The van der Waals surface area contributed by atoms with Crippen LogP contribution in [0.4, 0.5) is 0 Å². The summed E-state index contributed by atoms with van der Waals surface area (Å²) in [6.07, 6.45) is 12.1. The Hall–Kier alpha value is -2.84. The molecule has 2 aromatic rings. The smallest absolute Gasteiger partial charge is 0.207 e. The van der Waals surface area contributed by atoms with E-state index >= 15 is 0 Å². The molecule has 0 bridgehead atoms. The Labute approximate surface area is 217 Å². The third kappa shape index (κ3) is 7.08. The van der Waals surface area contributed by atoms with Crippen molar-refractivity contribution in [2.45, 2.75) is 47.0 Å². The van der Waals surface area contributed by atoms with Gasteiger partial charge in [0.1, 0.15) is 13.1 Å². The van der Waals surface area contributed by atoms with E-state index in [0.29, 0.717) is 0 Å². The molecule has 0 atom stereocenters. The quantitative estimate of drug-likeness (QED) is 0.242. The van der Waals surface area contributed by atoms with Crippen LogP contribution in [0.1, 0.15) is 58.1 Å². The molecule has 3 rings (SSSR count). The van der Waals surface area contributed by atoms with Gasteiger partial charge >= 0.3 is 0 Å². The van der Waals surface area contributed by atoms with Crippen LogP contribution in [0.3, 0.4) is 0 Å². The standard InChI is InChI=1S/C32H40ClN2/c1-5-34(6-2)30(26-16-11-9-12-17-26)24-22-28-20-15-21-29(32(28)33)23-25-31(35(7-3)8-4)27-18-13-10-14-19-27/h9-14,16-19,22-25H,5-8,15,20-21H2,1-4H3/q+1. The summed E-state index contributed by atoms with van der Waals surface area (Å²) in [6, 6.07) is 21.3. The van der Waals surface area contributed by atoms with Crippen molar-refractivity contribution >= 4 is 23.0 Å². The highest BCUT2D eigenvalue weighted by atomic mass is 35.5. The summed E-state index contributed by atoms with van der Waals surface area (Å²) in [5.41, 5.74) is 7.42. The molecule has 1 aliphatic rings. The fraction of sp³-hybridized carbons (Fsp3) is 0.344. The number of hydrogen-bond acceptors (Lipinski definition) is 1. The average molecular weight is 488 g/mol. The molecule has 0 spiro atoms. The van der Waals surface area contributed by atoms with Crippen LogP contribution in [0.15, 0.2) is 101 Å². The Morgan fingerprint density at radius 2 is 1.46 bits per heavy atom. The third-order valence-corrected chi connectivity index (χ3v) is 7.17. The second kappa shape index (κ2) is 13.9. The van der Waals surface area contributed by atoms with E-state index in [4.69, 9.17) is 11.6 Å². The number of allylic oxidation sites excluding steroid dienone is 7. The Kier molecular flexibility index (Phi) is 10.6. The zero-order valence-corrected chi connectivity index (χ0v) is 22.6. The summed E-state index contributed by atoms with van der Waals surface area (Å²) in [6.45, 7) is 12.7. The zero-order valence-electron chi connectivity index (χ0n) is 21.8. The summed E-state index contributed by atoms with van der Waals surface area (Å²) >= 11 is 7.00. The van der Waals surface area contributed by atoms with Crippen molar-refractivity contribution < 1.29 is 4.58 Å². The van der Waals surface area contributed by atoms with E-state index in [-0.39, 0.29) is 0 Å². The Balaban J connectivity index is 1.97. The van der Waals surface area contributed by atoms with Crippen molar-refractivity contribution in [1.82, 2.24) is 4.90 Å². The molecule has 35 heavy (non-hydrogen) atoms. The van der Waals surface area contributed by atoms with Gasteiger partial charge in [0.25, 0.3) is 0 Å². The van der Waals surface area contributed by atoms with Gasteiger partial charge in [-0.15, -0.1) is 0 Å². The first-order valence-corrected chi connectivity index (χ1v) is 13.5. The molecular weight excluding hydrogens is 448 g/mol. The van der Waals surface area contributed by atoms with Crippen LogP contribution in [0.5, 0.6) is 0 Å². The lowest BCUT2D eigenvalue weighted by molar-refractivity contribution is -0.519.